The Morgan fingerprint density at radius 1 is 0.913 bits per heavy atom. The zero-order valence-corrected chi connectivity index (χ0v) is 16.2. The second kappa shape index (κ2) is 5.77. The molecular weight excluding hydrogens is 276 g/mol. The molecule has 0 saturated heterocycles. The highest BCUT2D eigenvalue weighted by Crippen LogP contribution is 2.67. The average Bonchev–Trinajstić information content (AvgIpc) is 2.88. The maximum atomic E-state index is 2.73. The minimum absolute atomic E-state index is 0.680. The van der Waals surface area contributed by atoms with Gasteiger partial charge in [-0.25, -0.2) is 0 Å². The summed E-state index contributed by atoms with van der Waals surface area (Å²) in [5.74, 6) is 6.24. The lowest BCUT2D eigenvalue weighted by atomic mass is 9.45. The van der Waals surface area contributed by atoms with Gasteiger partial charge in [0, 0.05) is 0 Å². The van der Waals surface area contributed by atoms with E-state index in [0.717, 1.165) is 35.5 Å². The SMILES string of the molecule is CC[C@@H](C)C1CCC2CC3CCC4CCCC[C@]4(C)C3C[C@@]21C. The summed E-state index contributed by atoms with van der Waals surface area (Å²) in [6, 6.07) is 0. The van der Waals surface area contributed by atoms with Crippen LogP contribution in [0.15, 0.2) is 0 Å². The van der Waals surface area contributed by atoms with Gasteiger partial charge in [-0.2, -0.15) is 0 Å². The Bertz CT molecular complexity index is 439. The van der Waals surface area contributed by atoms with Gasteiger partial charge in [-0.15, -0.1) is 0 Å². The van der Waals surface area contributed by atoms with Gasteiger partial charge >= 0.3 is 0 Å². The molecule has 5 unspecified atom stereocenters. The molecule has 0 aliphatic heterocycles. The zero-order valence-electron chi connectivity index (χ0n) is 16.2. The second-order valence-corrected chi connectivity index (χ2v) is 10.6. The molecule has 8 atom stereocenters. The average molecular weight is 317 g/mol. The molecule has 4 aliphatic carbocycles. The Morgan fingerprint density at radius 3 is 2.48 bits per heavy atom. The van der Waals surface area contributed by atoms with Crippen LogP contribution >= 0.6 is 0 Å². The van der Waals surface area contributed by atoms with Crippen LogP contribution in [0.3, 0.4) is 0 Å². The first-order valence-corrected chi connectivity index (χ1v) is 11.0. The quantitative estimate of drug-likeness (QED) is 0.510. The maximum Gasteiger partial charge on any atom is -0.0264 e. The Balaban J connectivity index is 1.62. The summed E-state index contributed by atoms with van der Waals surface area (Å²) in [5, 5.41) is 0. The third-order valence-corrected chi connectivity index (χ3v) is 9.94. The molecule has 4 aliphatic rings. The van der Waals surface area contributed by atoms with Crippen molar-refractivity contribution in [3.63, 3.8) is 0 Å². The molecule has 4 rings (SSSR count). The van der Waals surface area contributed by atoms with Gasteiger partial charge in [-0.1, -0.05) is 47.0 Å². The van der Waals surface area contributed by atoms with E-state index in [4.69, 9.17) is 0 Å². The van der Waals surface area contributed by atoms with Crippen molar-refractivity contribution >= 4 is 0 Å². The second-order valence-electron chi connectivity index (χ2n) is 10.6. The minimum atomic E-state index is 0.680. The molecule has 0 aromatic carbocycles. The predicted molar refractivity (Wildman–Crippen MR) is 99.3 cm³/mol. The Labute approximate surface area is 145 Å². The monoisotopic (exact) mass is 316 g/mol. The van der Waals surface area contributed by atoms with Crippen LogP contribution in [-0.4, -0.2) is 0 Å². The summed E-state index contributed by atoms with van der Waals surface area (Å²) in [7, 11) is 0. The highest BCUT2D eigenvalue weighted by Gasteiger charge is 2.59. The summed E-state index contributed by atoms with van der Waals surface area (Å²) in [6.45, 7) is 10.4. The first kappa shape index (κ1) is 16.5. The molecule has 0 heteroatoms. The number of hydrogen-bond acceptors (Lipinski definition) is 0. The van der Waals surface area contributed by atoms with Crippen LogP contribution in [0.1, 0.15) is 98.3 Å². The molecule has 0 aromatic rings. The van der Waals surface area contributed by atoms with Crippen LogP contribution in [0.5, 0.6) is 0 Å². The lowest BCUT2D eigenvalue weighted by Crippen LogP contribution is -2.52. The molecule has 0 nitrogen and oxygen atoms in total. The van der Waals surface area contributed by atoms with Crippen LogP contribution < -0.4 is 0 Å². The Hall–Kier alpha value is 0. The number of hydrogen-bond donors (Lipinski definition) is 0. The van der Waals surface area contributed by atoms with Crippen LogP contribution in [0.4, 0.5) is 0 Å². The van der Waals surface area contributed by atoms with Crippen molar-refractivity contribution in [2.75, 3.05) is 0 Å². The van der Waals surface area contributed by atoms with Crippen molar-refractivity contribution in [2.45, 2.75) is 98.3 Å². The van der Waals surface area contributed by atoms with Crippen LogP contribution in [0.25, 0.3) is 0 Å². The van der Waals surface area contributed by atoms with Crippen molar-refractivity contribution in [2.24, 2.45) is 46.3 Å². The fourth-order valence-corrected chi connectivity index (χ4v) is 8.34. The van der Waals surface area contributed by atoms with E-state index in [1.54, 1.807) is 44.9 Å². The first-order chi connectivity index (χ1) is 11.0. The Kier molecular flexibility index (Phi) is 4.13. The molecule has 23 heavy (non-hydrogen) atoms. The fraction of sp³-hybridized carbons (Fsp3) is 1.00. The molecule has 0 heterocycles. The van der Waals surface area contributed by atoms with Crippen molar-refractivity contribution in [1.82, 2.24) is 0 Å². The summed E-state index contributed by atoms with van der Waals surface area (Å²) < 4.78 is 0. The van der Waals surface area contributed by atoms with Gasteiger partial charge < -0.3 is 0 Å². The molecule has 0 aromatic heterocycles. The van der Waals surface area contributed by atoms with Crippen molar-refractivity contribution in [3.05, 3.63) is 0 Å². The van der Waals surface area contributed by atoms with Crippen LogP contribution in [-0.2, 0) is 0 Å². The number of rotatable bonds is 2. The van der Waals surface area contributed by atoms with E-state index in [2.05, 4.69) is 27.7 Å². The fourth-order valence-electron chi connectivity index (χ4n) is 8.34. The van der Waals surface area contributed by atoms with Gasteiger partial charge in [0.2, 0.25) is 0 Å². The van der Waals surface area contributed by atoms with Crippen molar-refractivity contribution in [3.8, 4) is 0 Å². The van der Waals surface area contributed by atoms with E-state index >= 15 is 0 Å². The third kappa shape index (κ3) is 2.36. The smallest absolute Gasteiger partial charge is 0.0264 e. The van der Waals surface area contributed by atoms with Gasteiger partial charge in [-0.3, -0.25) is 0 Å². The third-order valence-electron chi connectivity index (χ3n) is 9.94. The van der Waals surface area contributed by atoms with Gasteiger partial charge in [0.25, 0.3) is 0 Å². The van der Waals surface area contributed by atoms with Gasteiger partial charge in [-0.05, 0) is 97.7 Å². The van der Waals surface area contributed by atoms with E-state index in [0.29, 0.717) is 10.8 Å². The maximum absolute atomic E-state index is 2.73. The van der Waals surface area contributed by atoms with Crippen LogP contribution in [0.2, 0.25) is 0 Å². The molecule has 132 valence electrons. The molecule has 4 fully saturated rings. The molecule has 4 saturated carbocycles. The Morgan fingerprint density at radius 2 is 1.70 bits per heavy atom. The normalized spacial score (nSPS) is 54.0. The van der Waals surface area contributed by atoms with E-state index < -0.39 is 0 Å². The molecule has 0 radical (unpaired) electrons. The lowest BCUT2D eigenvalue weighted by Gasteiger charge is -2.60. The van der Waals surface area contributed by atoms with E-state index in [-0.39, 0.29) is 0 Å². The van der Waals surface area contributed by atoms with Crippen molar-refractivity contribution in [1.29, 1.82) is 0 Å². The topological polar surface area (TPSA) is 0 Å². The zero-order chi connectivity index (χ0) is 16.2. The predicted octanol–water partition coefficient (Wildman–Crippen LogP) is 7.08. The van der Waals surface area contributed by atoms with E-state index in [1.807, 2.05) is 0 Å². The van der Waals surface area contributed by atoms with Gasteiger partial charge in [0.05, 0.1) is 0 Å². The first-order valence-electron chi connectivity index (χ1n) is 11.0. The van der Waals surface area contributed by atoms with E-state index in [9.17, 15) is 0 Å². The summed E-state index contributed by atoms with van der Waals surface area (Å²) in [4.78, 5) is 0. The van der Waals surface area contributed by atoms with Crippen LogP contribution in [0, 0.1) is 46.3 Å². The number of fused-ring (bicyclic) bond motifs is 4. The lowest BCUT2D eigenvalue weighted by molar-refractivity contribution is -0.109. The molecule has 0 N–H and O–H groups in total. The highest BCUT2D eigenvalue weighted by molar-refractivity contribution is 5.08. The summed E-state index contributed by atoms with van der Waals surface area (Å²) in [6.07, 6.45) is 16.9. The highest BCUT2D eigenvalue weighted by atomic mass is 14.6. The van der Waals surface area contributed by atoms with Gasteiger partial charge in [0.15, 0.2) is 0 Å². The molecule has 0 bridgehead atoms. The molecular formula is C23H40. The largest absolute Gasteiger partial charge is 0.0651 e. The summed E-state index contributed by atoms with van der Waals surface area (Å²) >= 11 is 0. The summed E-state index contributed by atoms with van der Waals surface area (Å²) in [5.41, 5.74) is 1.39. The molecule has 0 spiro atoms. The van der Waals surface area contributed by atoms with Gasteiger partial charge in [0.1, 0.15) is 0 Å². The minimum Gasteiger partial charge on any atom is -0.0651 e. The standard InChI is InChI=1S/C23H40/c1-5-16(2)20-12-11-19-14-17-9-10-18-8-6-7-13-22(18,3)21(17)15-23(19,20)4/h16-21H,5-15H2,1-4H3/t16-,17?,18?,19?,20?,21?,22+,23+/m1/s1. The van der Waals surface area contributed by atoms with E-state index in [1.165, 1.54) is 25.7 Å². The molecule has 0 amide bonds. The van der Waals surface area contributed by atoms with Crippen molar-refractivity contribution < 1.29 is 0 Å².